The number of rotatable bonds is 8. The number of nitrogens with one attached hydrogen (secondary N) is 1. The van der Waals surface area contributed by atoms with Crippen LogP contribution < -0.4 is 10.1 Å². The lowest BCUT2D eigenvalue weighted by Crippen LogP contribution is -2.32. The maximum atomic E-state index is 12.7. The van der Waals surface area contributed by atoms with Gasteiger partial charge in [-0.15, -0.1) is 0 Å². The third-order valence-electron chi connectivity index (χ3n) is 4.02. The van der Waals surface area contributed by atoms with Gasteiger partial charge in [-0.25, -0.2) is 8.42 Å². The monoisotopic (exact) mass is 370 g/mol. The second kappa shape index (κ2) is 9.74. The molecule has 0 atom stereocenters. The zero-order valence-electron chi connectivity index (χ0n) is 14.6. The van der Waals surface area contributed by atoms with Gasteiger partial charge in [-0.05, 0) is 37.1 Å². The molecule has 25 heavy (non-hydrogen) atoms. The number of sulfonamides is 1. The topological polar surface area (TPSA) is 84.9 Å². The van der Waals surface area contributed by atoms with Gasteiger partial charge in [0.2, 0.25) is 10.0 Å². The molecule has 140 valence electrons. The molecule has 1 fully saturated rings. The number of hydrogen-bond donors (Lipinski definition) is 1. The fourth-order valence-electron chi connectivity index (χ4n) is 2.63. The van der Waals surface area contributed by atoms with Gasteiger partial charge in [0.1, 0.15) is 5.75 Å². The fraction of sp³-hybridized carbons (Fsp3) is 0.588. The molecule has 0 unspecified atom stereocenters. The third-order valence-corrected chi connectivity index (χ3v) is 5.94. The van der Waals surface area contributed by atoms with Crippen LogP contribution in [0.4, 0.5) is 0 Å². The first-order valence-corrected chi connectivity index (χ1v) is 9.96. The molecular weight excluding hydrogens is 344 g/mol. The van der Waals surface area contributed by atoms with Crippen molar-refractivity contribution < 1.29 is 22.7 Å². The minimum absolute atomic E-state index is 0.123. The molecule has 8 heteroatoms. The predicted molar refractivity (Wildman–Crippen MR) is 94.0 cm³/mol. The number of hydrogen-bond acceptors (Lipinski definition) is 5. The fourth-order valence-corrected chi connectivity index (χ4v) is 4.15. The van der Waals surface area contributed by atoms with E-state index in [4.69, 9.17) is 9.47 Å². The molecule has 0 spiro atoms. The quantitative estimate of drug-likeness (QED) is 0.699. The van der Waals surface area contributed by atoms with Gasteiger partial charge in [0.05, 0.1) is 11.5 Å². The van der Waals surface area contributed by atoms with E-state index in [1.54, 1.807) is 23.5 Å². The molecule has 0 aliphatic carbocycles. The van der Waals surface area contributed by atoms with E-state index in [1.165, 1.54) is 12.1 Å². The Morgan fingerprint density at radius 3 is 2.36 bits per heavy atom. The average molecular weight is 370 g/mol. The third kappa shape index (κ3) is 5.98. The summed E-state index contributed by atoms with van der Waals surface area (Å²) in [7, 11) is -1.90. The summed E-state index contributed by atoms with van der Waals surface area (Å²) >= 11 is 0. The maximum absolute atomic E-state index is 12.7. The number of nitrogens with zero attached hydrogens (tertiary/aromatic N) is 1. The van der Waals surface area contributed by atoms with Crippen LogP contribution in [-0.2, 0) is 19.6 Å². The van der Waals surface area contributed by atoms with Crippen molar-refractivity contribution in [3.05, 3.63) is 24.3 Å². The molecule has 1 saturated heterocycles. The van der Waals surface area contributed by atoms with E-state index in [0.717, 1.165) is 25.7 Å². The van der Waals surface area contributed by atoms with Gasteiger partial charge in [0.25, 0.3) is 5.91 Å². The maximum Gasteiger partial charge on any atom is 0.258 e. The standard InChI is InChI=1S/C17H26N2O5S/c1-23-13-10-18-17(20)14-24-15-6-8-16(9-7-15)25(21,22)19-11-4-2-3-5-12-19/h6-9H,2-5,10-14H2,1H3,(H,18,20). The minimum Gasteiger partial charge on any atom is -0.484 e. The van der Waals surface area contributed by atoms with Crippen LogP contribution in [0.3, 0.4) is 0 Å². The second-order valence-corrected chi connectivity index (χ2v) is 7.86. The van der Waals surface area contributed by atoms with Crippen molar-refractivity contribution >= 4 is 15.9 Å². The molecule has 0 bridgehead atoms. The second-order valence-electron chi connectivity index (χ2n) is 5.92. The van der Waals surface area contributed by atoms with Crippen LogP contribution in [-0.4, -0.2) is 58.6 Å². The van der Waals surface area contributed by atoms with Gasteiger partial charge in [-0.2, -0.15) is 4.31 Å². The Balaban J connectivity index is 1.91. The lowest BCUT2D eigenvalue weighted by molar-refractivity contribution is -0.123. The first-order chi connectivity index (χ1) is 12.0. The van der Waals surface area contributed by atoms with Crippen molar-refractivity contribution in [2.24, 2.45) is 0 Å². The molecule has 1 heterocycles. The van der Waals surface area contributed by atoms with Gasteiger partial charge in [-0.1, -0.05) is 12.8 Å². The summed E-state index contributed by atoms with van der Waals surface area (Å²) in [5, 5.41) is 2.65. The number of ether oxygens (including phenoxy) is 2. The molecular formula is C17H26N2O5S. The highest BCUT2D eigenvalue weighted by Gasteiger charge is 2.24. The average Bonchev–Trinajstić information content (AvgIpc) is 2.90. The van der Waals surface area contributed by atoms with Crippen molar-refractivity contribution in [2.45, 2.75) is 30.6 Å². The molecule has 1 aromatic rings. The SMILES string of the molecule is COCCNC(=O)COc1ccc(S(=O)(=O)N2CCCCCC2)cc1. The highest BCUT2D eigenvalue weighted by atomic mass is 32.2. The molecule has 1 N–H and O–H groups in total. The lowest BCUT2D eigenvalue weighted by Gasteiger charge is -2.20. The molecule has 2 rings (SSSR count). The van der Waals surface area contributed by atoms with E-state index in [9.17, 15) is 13.2 Å². The molecule has 1 aliphatic rings. The Hall–Kier alpha value is -1.64. The van der Waals surface area contributed by atoms with Crippen LogP contribution in [0.15, 0.2) is 29.2 Å². The zero-order chi connectivity index (χ0) is 18.1. The van der Waals surface area contributed by atoms with Crippen molar-refractivity contribution in [1.82, 2.24) is 9.62 Å². The molecule has 0 saturated carbocycles. The van der Waals surface area contributed by atoms with E-state index >= 15 is 0 Å². The van der Waals surface area contributed by atoms with E-state index in [0.29, 0.717) is 32.0 Å². The number of methoxy groups -OCH3 is 1. The summed E-state index contributed by atoms with van der Waals surface area (Å²) in [4.78, 5) is 11.8. The Kier molecular flexibility index (Phi) is 7.67. The molecule has 1 amide bonds. The van der Waals surface area contributed by atoms with Crippen molar-refractivity contribution in [1.29, 1.82) is 0 Å². The highest BCUT2D eigenvalue weighted by Crippen LogP contribution is 2.22. The van der Waals surface area contributed by atoms with E-state index in [-0.39, 0.29) is 17.4 Å². The molecule has 0 aromatic heterocycles. The Bertz CT molecular complexity index is 638. The van der Waals surface area contributed by atoms with Crippen LogP contribution in [0.2, 0.25) is 0 Å². The molecule has 1 aliphatic heterocycles. The van der Waals surface area contributed by atoms with Crippen molar-refractivity contribution in [3.8, 4) is 5.75 Å². The predicted octanol–water partition coefficient (Wildman–Crippen LogP) is 1.39. The Labute approximate surface area is 149 Å². The van der Waals surface area contributed by atoms with Gasteiger partial charge in [0, 0.05) is 26.7 Å². The number of benzene rings is 1. The summed E-state index contributed by atoms with van der Waals surface area (Å²) in [6.07, 6.45) is 3.95. The van der Waals surface area contributed by atoms with Gasteiger partial charge in [0.15, 0.2) is 6.61 Å². The van der Waals surface area contributed by atoms with E-state index in [2.05, 4.69) is 5.32 Å². The summed E-state index contributed by atoms with van der Waals surface area (Å²) in [5.41, 5.74) is 0. The summed E-state index contributed by atoms with van der Waals surface area (Å²) in [6, 6.07) is 6.21. The zero-order valence-corrected chi connectivity index (χ0v) is 15.4. The molecule has 7 nitrogen and oxygen atoms in total. The van der Waals surface area contributed by atoms with Crippen molar-refractivity contribution in [3.63, 3.8) is 0 Å². The van der Waals surface area contributed by atoms with Crippen LogP contribution in [0.5, 0.6) is 5.75 Å². The first-order valence-electron chi connectivity index (χ1n) is 8.52. The van der Waals surface area contributed by atoms with Gasteiger partial charge in [-0.3, -0.25) is 4.79 Å². The number of carbonyl (C=O) groups excluding carboxylic acids is 1. The van der Waals surface area contributed by atoms with Crippen LogP contribution in [0.25, 0.3) is 0 Å². The van der Waals surface area contributed by atoms with Crippen LogP contribution >= 0.6 is 0 Å². The largest absolute Gasteiger partial charge is 0.484 e. The first kappa shape index (κ1) is 19.7. The van der Waals surface area contributed by atoms with E-state index < -0.39 is 10.0 Å². The number of amides is 1. The van der Waals surface area contributed by atoms with Gasteiger partial charge >= 0.3 is 0 Å². The van der Waals surface area contributed by atoms with E-state index in [1.807, 2.05) is 0 Å². The summed E-state index contributed by atoms with van der Waals surface area (Å²) < 4.78 is 37.1. The molecule has 0 radical (unpaired) electrons. The number of carbonyl (C=O) groups is 1. The van der Waals surface area contributed by atoms with Crippen molar-refractivity contribution in [2.75, 3.05) is 40.0 Å². The normalized spacial score (nSPS) is 16.2. The highest BCUT2D eigenvalue weighted by molar-refractivity contribution is 7.89. The lowest BCUT2D eigenvalue weighted by atomic mass is 10.2. The molecule has 1 aromatic carbocycles. The van der Waals surface area contributed by atoms with Crippen LogP contribution in [0, 0.1) is 0 Å². The Morgan fingerprint density at radius 2 is 1.76 bits per heavy atom. The minimum atomic E-state index is -3.46. The van der Waals surface area contributed by atoms with Crippen LogP contribution in [0.1, 0.15) is 25.7 Å². The smallest absolute Gasteiger partial charge is 0.258 e. The summed E-state index contributed by atoms with van der Waals surface area (Å²) in [6.45, 7) is 1.88. The Morgan fingerprint density at radius 1 is 1.12 bits per heavy atom. The van der Waals surface area contributed by atoms with Gasteiger partial charge < -0.3 is 14.8 Å². The summed E-state index contributed by atoms with van der Waals surface area (Å²) in [5.74, 6) is 0.204.